The van der Waals surface area contributed by atoms with Crippen LogP contribution >= 0.6 is 23.2 Å². The number of esters is 1. The second-order valence-electron chi connectivity index (χ2n) is 17.7. The Kier molecular flexibility index (Phi) is 19.1. The number of carboxylic acid groups (broad SMARTS) is 1. The Labute approximate surface area is 449 Å². The minimum atomic E-state index is -1.15. The minimum Gasteiger partial charge on any atom is -0.480 e. The van der Waals surface area contributed by atoms with Gasteiger partial charge in [0.05, 0.1) is 0 Å². The molecule has 8 aromatic rings. The van der Waals surface area contributed by atoms with E-state index in [0.29, 0.717) is 69.6 Å². The van der Waals surface area contributed by atoms with E-state index < -0.39 is 35.7 Å². The minimum absolute atomic E-state index is 0.00323. The second-order valence-corrected chi connectivity index (χ2v) is 18.6. The van der Waals surface area contributed by atoms with Crippen molar-refractivity contribution in [1.82, 2.24) is 9.80 Å². The zero-order valence-electron chi connectivity index (χ0n) is 41.1. The molecule has 8 rings (SSSR count). The van der Waals surface area contributed by atoms with Gasteiger partial charge in [-0.15, -0.1) is 0 Å². The number of carbonyl (C=O) groups excluding carboxylic acids is 1. The third-order valence-corrected chi connectivity index (χ3v) is 12.6. The van der Waals surface area contributed by atoms with E-state index >= 15 is 4.39 Å². The summed E-state index contributed by atoms with van der Waals surface area (Å²) < 4.78 is 60.9. The predicted molar refractivity (Wildman–Crippen MR) is 288 cm³/mol. The Bertz CT molecular complexity index is 3130. The summed E-state index contributed by atoms with van der Waals surface area (Å²) in [5, 5.41) is 10.8. The molecular formula is C60H54Cl2F2N4O8. The molecule has 76 heavy (non-hydrogen) atoms. The largest absolute Gasteiger partial charge is 0.480 e. The zero-order valence-corrected chi connectivity index (χ0v) is 42.6. The average Bonchev–Trinajstić information content (AvgIpc) is 3.42. The smallest absolute Gasteiger partial charge is 0.328 e. The van der Waals surface area contributed by atoms with Crippen molar-refractivity contribution < 1.29 is 47.2 Å². The first-order valence-electron chi connectivity index (χ1n) is 24.3. The Morgan fingerprint density at radius 2 is 0.803 bits per heavy atom. The lowest BCUT2D eigenvalue weighted by molar-refractivity contribution is -0.139. The molecule has 8 aromatic carbocycles. The average molecular weight is 1070 g/mol. The summed E-state index contributed by atoms with van der Waals surface area (Å²) >= 11 is 12.3. The first kappa shape index (κ1) is 54.4. The number of rotatable bonds is 25. The molecule has 0 spiro atoms. The van der Waals surface area contributed by atoms with Gasteiger partial charge in [-0.1, -0.05) is 108 Å². The van der Waals surface area contributed by atoms with E-state index in [1.54, 1.807) is 97.1 Å². The van der Waals surface area contributed by atoms with Crippen molar-refractivity contribution in [2.24, 2.45) is 11.5 Å². The molecule has 2 atom stereocenters. The van der Waals surface area contributed by atoms with E-state index in [2.05, 4.69) is 4.90 Å². The normalized spacial score (nSPS) is 12.0. The van der Waals surface area contributed by atoms with Gasteiger partial charge in [0.1, 0.15) is 52.3 Å². The highest BCUT2D eigenvalue weighted by Crippen LogP contribution is 2.35. The van der Waals surface area contributed by atoms with Gasteiger partial charge in [-0.25, -0.2) is 13.6 Å². The molecule has 0 aromatic heterocycles. The molecule has 0 amide bonds. The summed E-state index contributed by atoms with van der Waals surface area (Å²) in [5.74, 6) is -0.154. The molecule has 390 valence electrons. The highest BCUT2D eigenvalue weighted by molar-refractivity contribution is 6.30. The zero-order chi connectivity index (χ0) is 53.4. The molecule has 0 aliphatic carbocycles. The van der Waals surface area contributed by atoms with E-state index in [1.165, 1.54) is 24.3 Å². The number of aliphatic carboxylic acids is 1. The summed E-state index contributed by atoms with van der Waals surface area (Å²) in [6.45, 7) is 1.78. The molecular weight excluding hydrogens is 1010 g/mol. The molecule has 0 fully saturated rings. The molecule has 12 nitrogen and oxygen atoms in total. The van der Waals surface area contributed by atoms with Gasteiger partial charge in [-0.2, -0.15) is 0 Å². The van der Waals surface area contributed by atoms with Crippen LogP contribution in [-0.2, 0) is 35.8 Å². The summed E-state index contributed by atoms with van der Waals surface area (Å²) in [5.41, 5.74) is 15.6. The lowest BCUT2D eigenvalue weighted by atomic mass is 10.1. The highest BCUT2D eigenvalue weighted by Gasteiger charge is 2.23. The number of hydrogen-bond acceptors (Lipinski definition) is 11. The lowest BCUT2D eigenvalue weighted by Gasteiger charge is -2.26. The van der Waals surface area contributed by atoms with Gasteiger partial charge >= 0.3 is 11.9 Å². The van der Waals surface area contributed by atoms with Gasteiger partial charge in [0.15, 0.2) is 23.1 Å². The fourth-order valence-electron chi connectivity index (χ4n) is 8.05. The third-order valence-electron chi connectivity index (χ3n) is 12.1. The van der Waals surface area contributed by atoms with Crippen molar-refractivity contribution in [3.63, 3.8) is 0 Å². The number of nitrogens with two attached hydrogens (primary N) is 2. The fraction of sp³-hybridized carbons (Fsp3) is 0.167. The standard InChI is InChI=1S/C60H54Cl2F2N4O8/c61-44-21-25-46(26-22-44)72-53-16-6-1-11-40(53)36-68(37-41-12-2-7-17-54(41)73-47-27-23-45(62)24-28-47)34-32-52(66)60(71)74-48-29-30-50(64)58(35-48)76-56-19-9-4-14-43(56)39-67(33-31-51(65)59(69)70)38-42-13-3-8-18-55(42)75-57-20-10-5-15-49(57)63/h1-30,35,51-52H,31-34,36-39,65-66H2,(H,69,70)/t51-,52-/m0/s1. The van der Waals surface area contributed by atoms with Gasteiger partial charge in [0, 0.05) is 77.6 Å². The summed E-state index contributed by atoms with van der Waals surface area (Å²) in [6.07, 6.45) is 0.268. The number of benzene rings is 8. The van der Waals surface area contributed by atoms with Gasteiger partial charge in [-0.3, -0.25) is 14.6 Å². The maximum atomic E-state index is 15.6. The van der Waals surface area contributed by atoms with Gasteiger partial charge in [0.2, 0.25) is 0 Å². The third kappa shape index (κ3) is 15.6. The molecule has 16 heteroatoms. The monoisotopic (exact) mass is 1070 g/mol. The van der Waals surface area contributed by atoms with Crippen LogP contribution in [0.4, 0.5) is 8.78 Å². The van der Waals surface area contributed by atoms with Crippen LogP contribution in [0.3, 0.4) is 0 Å². The van der Waals surface area contributed by atoms with E-state index in [1.807, 2.05) is 65.6 Å². The quantitative estimate of drug-likeness (QED) is 0.0368. The second kappa shape index (κ2) is 26.6. The summed E-state index contributed by atoms with van der Waals surface area (Å²) in [7, 11) is 0. The maximum Gasteiger partial charge on any atom is 0.328 e. The van der Waals surface area contributed by atoms with Crippen LogP contribution in [0.5, 0.6) is 51.7 Å². The molecule has 0 aliphatic heterocycles. The van der Waals surface area contributed by atoms with Crippen molar-refractivity contribution in [1.29, 1.82) is 0 Å². The summed E-state index contributed by atoms with van der Waals surface area (Å²) in [6, 6.07) is 51.1. The first-order chi connectivity index (χ1) is 36.8. The predicted octanol–water partition coefficient (Wildman–Crippen LogP) is 13.6. The van der Waals surface area contributed by atoms with Crippen LogP contribution in [0.2, 0.25) is 10.0 Å². The van der Waals surface area contributed by atoms with Crippen molar-refractivity contribution in [2.45, 2.75) is 51.1 Å². The molecule has 0 aliphatic rings. The van der Waals surface area contributed by atoms with Crippen LogP contribution in [0.25, 0.3) is 0 Å². The SMILES string of the molecule is N[C@@H](CCN(Cc1ccccc1Oc1ccccc1F)Cc1ccccc1Oc1cc(OC(=O)[C@@H](N)CCN(Cc2ccccc2Oc2ccc(Cl)cc2)Cc2ccccc2Oc2ccc(Cl)cc2)ccc1F)C(=O)O. The molecule has 0 bridgehead atoms. The molecule has 5 N–H and O–H groups in total. The van der Waals surface area contributed by atoms with Gasteiger partial charge in [0.25, 0.3) is 0 Å². The number of halogens is 4. The van der Waals surface area contributed by atoms with Crippen LogP contribution in [0.15, 0.2) is 188 Å². The number of carboxylic acids is 1. The molecule has 0 heterocycles. The van der Waals surface area contributed by atoms with E-state index in [9.17, 15) is 19.1 Å². The Hall–Kier alpha value is -7.82. The van der Waals surface area contributed by atoms with Crippen LogP contribution < -0.4 is 35.2 Å². The Balaban J connectivity index is 0.966. The van der Waals surface area contributed by atoms with Crippen LogP contribution in [0, 0.1) is 11.6 Å². The Morgan fingerprint density at radius 3 is 1.24 bits per heavy atom. The van der Waals surface area contributed by atoms with Gasteiger partial charge < -0.3 is 40.3 Å². The van der Waals surface area contributed by atoms with E-state index in [0.717, 1.165) is 17.2 Å². The van der Waals surface area contributed by atoms with E-state index in [4.69, 9.17) is 58.4 Å². The highest BCUT2D eigenvalue weighted by atomic mass is 35.5. The van der Waals surface area contributed by atoms with Crippen molar-refractivity contribution >= 4 is 35.1 Å². The number of nitrogens with zero attached hydrogens (tertiary/aromatic N) is 2. The van der Waals surface area contributed by atoms with Crippen LogP contribution in [0.1, 0.15) is 35.1 Å². The van der Waals surface area contributed by atoms with Crippen molar-refractivity contribution in [3.8, 4) is 51.7 Å². The topological polar surface area (TPSA) is 159 Å². The van der Waals surface area contributed by atoms with Gasteiger partial charge in [-0.05, 0) is 110 Å². The van der Waals surface area contributed by atoms with Crippen LogP contribution in [-0.4, -0.2) is 52.0 Å². The molecule has 0 saturated heterocycles. The maximum absolute atomic E-state index is 15.6. The van der Waals surface area contributed by atoms with Crippen molar-refractivity contribution in [2.75, 3.05) is 13.1 Å². The van der Waals surface area contributed by atoms with E-state index in [-0.39, 0.29) is 55.5 Å². The fourth-order valence-corrected chi connectivity index (χ4v) is 8.31. The van der Waals surface area contributed by atoms with Crippen molar-refractivity contribution in [3.05, 3.63) is 232 Å². The number of ether oxygens (including phenoxy) is 5. The summed E-state index contributed by atoms with van der Waals surface area (Å²) in [4.78, 5) is 29.5. The first-order valence-corrected chi connectivity index (χ1v) is 25.1. The Morgan fingerprint density at radius 1 is 0.447 bits per heavy atom. The number of hydrogen-bond donors (Lipinski definition) is 3. The number of carbonyl (C=O) groups is 2. The molecule has 0 radical (unpaired) electrons. The molecule has 0 saturated carbocycles. The lowest BCUT2D eigenvalue weighted by Crippen LogP contribution is -2.38. The number of para-hydroxylation sites is 5. The molecule has 0 unspecified atom stereocenters.